The monoisotopic (exact) mass is 236 g/mol. The van der Waals surface area contributed by atoms with Crippen molar-refractivity contribution in [3.8, 4) is 5.75 Å². The van der Waals surface area contributed by atoms with Crippen molar-refractivity contribution >= 4 is 5.97 Å². The lowest BCUT2D eigenvalue weighted by atomic mass is 9.78. The highest BCUT2D eigenvalue weighted by atomic mass is 16.5. The molecule has 1 rings (SSSR count). The third-order valence-electron chi connectivity index (χ3n) is 3.28. The van der Waals surface area contributed by atoms with Crippen LogP contribution in [0.1, 0.15) is 37.0 Å². The van der Waals surface area contributed by atoms with E-state index in [0.29, 0.717) is 0 Å². The topological polar surface area (TPSA) is 46.5 Å². The minimum Gasteiger partial charge on any atom is -0.496 e. The van der Waals surface area contributed by atoms with Gasteiger partial charge in [0.25, 0.3) is 0 Å². The van der Waals surface area contributed by atoms with Gasteiger partial charge in [0.15, 0.2) is 0 Å². The molecule has 0 aliphatic carbocycles. The van der Waals surface area contributed by atoms with E-state index in [1.54, 1.807) is 7.11 Å². The number of benzene rings is 1. The Balaban J connectivity index is 3.24. The van der Waals surface area contributed by atoms with Crippen molar-refractivity contribution in [1.82, 2.24) is 0 Å². The highest BCUT2D eigenvalue weighted by molar-refractivity contribution is 5.69. The molecule has 0 bridgehead atoms. The van der Waals surface area contributed by atoms with Crippen molar-refractivity contribution in [1.29, 1.82) is 0 Å². The molecule has 1 N–H and O–H groups in total. The summed E-state index contributed by atoms with van der Waals surface area (Å²) in [5.41, 5.74) is 2.88. The van der Waals surface area contributed by atoms with Crippen LogP contribution < -0.4 is 4.74 Å². The number of hydrogen-bond donors (Lipinski definition) is 1. The molecule has 94 valence electrons. The van der Waals surface area contributed by atoms with Crippen LogP contribution in [0.4, 0.5) is 0 Å². The van der Waals surface area contributed by atoms with Gasteiger partial charge in [0.1, 0.15) is 5.75 Å². The molecule has 0 heterocycles. The average Bonchev–Trinajstić information content (AvgIpc) is 2.19. The Morgan fingerprint density at radius 2 is 1.88 bits per heavy atom. The minimum atomic E-state index is -0.775. The third kappa shape index (κ3) is 2.78. The molecule has 3 heteroatoms. The number of aliphatic carboxylic acids is 1. The first-order valence-corrected chi connectivity index (χ1v) is 5.66. The molecule has 0 aliphatic heterocycles. The van der Waals surface area contributed by atoms with Crippen LogP contribution in [0.3, 0.4) is 0 Å². The summed E-state index contributed by atoms with van der Waals surface area (Å²) in [7, 11) is 1.64. The highest BCUT2D eigenvalue weighted by Gasteiger charge is 2.26. The molecular formula is C14H20O3. The summed E-state index contributed by atoms with van der Waals surface area (Å²) in [4.78, 5) is 10.9. The van der Waals surface area contributed by atoms with Gasteiger partial charge in [-0.15, -0.1) is 0 Å². The molecule has 0 amide bonds. The number of carboxylic acid groups (broad SMARTS) is 1. The number of carboxylic acids is 1. The molecule has 0 saturated carbocycles. The molecule has 0 unspecified atom stereocenters. The zero-order chi connectivity index (χ0) is 13.2. The zero-order valence-electron chi connectivity index (χ0n) is 11.1. The van der Waals surface area contributed by atoms with Gasteiger partial charge in [0, 0.05) is 5.41 Å². The van der Waals surface area contributed by atoms with Gasteiger partial charge in [-0.2, -0.15) is 0 Å². The molecular weight excluding hydrogens is 216 g/mol. The molecule has 0 atom stereocenters. The second kappa shape index (κ2) is 4.78. The van der Waals surface area contributed by atoms with Gasteiger partial charge < -0.3 is 9.84 Å². The Morgan fingerprint density at radius 1 is 1.29 bits per heavy atom. The van der Waals surface area contributed by atoms with Crippen LogP contribution in [0, 0.1) is 13.8 Å². The number of methoxy groups -OCH3 is 1. The van der Waals surface area contributed by atoms with Gasteiger partial charge in [0.2, 0.25) is 0 Å². The van der Waals surface area contributed by atoms with E-state index < -0.39 is 5.97 Å². The maximum absolute atomic E-state index is 10.9. The van der Waals surface area contributed by atoms with Crippen molar-refractivity contribution in [2.45, 2.75) is 39.5 Å². The lowest BCUT2D eigenvalue weighted by molar-refractivity contribution is -0.138. The van der Waals surface area contributed by atoms with Crippen molar-refractivity contribution in [2.24, 2.45) is 0 Å². The fraction of sp³-hybridized carbons (Fsp3) is 0.500. The fourth-order valence-corrected chi connectivity index (χ4v) is 2.22. The Labute approximate surface area is 102 Å². The molecule has 3 nitrogen and oxygen atoms in total. The van der Waals surface area contributed by atoms with Crippen LogP contribution in [0.5, 0.6) is 5.75 Å². The summed E-state index contributed by atoms with van der Waals surface area (Å²) < 4.78 is 5.26. The van der Waals surface area contributed by atoms with E-state index in [-0.39, 0.29) is 11.8 Å². The van der Waals surface area contributed by atoms with Crippen LogP contribution in [-0.2, 0) is 10.2 Å². The van der Waals surface area contributed by atoms with Crippen LogP contribution in [0.2, 0.25) is 0 Å². The predicted molar refractivity (Wildman–Crippen MR) is 67.7 cm³/mol. The maximum atomic E-state index is 10.9. The predicted octanol–water partition coefficient (Wildman–Crippen LogP) is 3.06. The smallest absolute Gasteiger partial charge is 0.304 e. The molecule has 0 aromatic heterocycles. The third-order valence-corrected chi connectivity index (χ3v) is 3.28. The van der Waals surface area contributed by atoms with Crippen molar-refractivity contribution in [2.75, 3.05) is 7.11 Å². The van der Waals surface area contributed by atoms with Crippen LogP contribution in [0.15, 0.2) is 12.1 Å². The molecule has 0 aliphatic rings. The molecule has 1 aromatic rings. The van der Waals surface area contributed by atoms with Gasteiger partial charge in [-0.1, -0.05) is 19.9 Å². The first kappa shape index (κ1) is 13.6. The summed E-state index contributed by atoms with van der Waals surface area (Å²) in [6.07, 6.45) is 0.125. The summed E-state index contributed by atoms with van der Waals surface area (Å²) in [6.45, 7) is 7.91. The summed E-state index contributed by atoms with van der Waals surface area (Å²) in [6, 6.07) is 3.87. The lowest BCUT2D eigenvalue weighted by Gasteiger charge is -2.26. The normalized spacial score (nSPS) is 11.4. The Hall–Kier alpha value is -1.51. The van der Waals surface area contributed by atoms with Crippen molar-refractivity contribution in [3.05, 3.63) is 28.8 Å². The van der Waals surface area contributed by atoms with Crippen LogP contribution >= 0.6 is 0 Å². The standard InChI is InChI=1S/C14H20O3/c1-9-10(2)12(17-5)7-6-11(9)14(3,4)8-13(15)16/h6-7H,8H2,1-5H3,(H,15,16). The number of rotatable bonds is 4. The Kier molecular flexibility index (Phi) is 3.81. The second-order valence-electron chi connectivity index (χ2n) is 5.02. The quantitative estimate of drug-likeness (QED) is 0.874. The summed E-state index contributed by atoms with van der Waals surface area (Å²) >= 11 is 0. The minimum absolute atomic E-state index is 0.125. The summed E-state index contributed by atoms with van der Waals surface area (Å²) in [5, 5.41) is 8.95. The van der Waals surface area contributed by atoms with E-state index in [0.717, 1.165) is 22.4 Å². The Morgan fingerprint density at radius 3 is 2.35 bits per heavy atom. The summed E-state index contributed by atoms with van der Waals surface area (Å²) in [5.74, 6) is 0.0697. The molecule has 0 fully saturated rings. The second-order valence-corrected chi connectivity index (χ2v) is 5.02. The fourth-order valence-electron chi connectivity index (χ4n) is 2.22. The number of hydrogen-bond acceptors (Lipinski definition) is 2. The van der Waals surface area contributed by atoms with Crippen LogP contribution in [0.25, 0.3) is 0 Å². The molecule has 1 aromatic carbocycles. The lowest BCUT2D eigenvalue weighted by Crippen LogP contribution is -2.23. The molecule has 0 saturated heterocycles. The van der Waals surface area contributed by atoms with Gasteiger partial charge >= 0.3 is 5.97 Å². The van der Waals surface area contributed by atoms with E-state index in [1.165, 1.54) is 0 Å². The first-order chi connectivity index (χ1) is 7.79. The van der Waals surface area contributed by atoms with Gasteiger partial charge in [-0.05, 0) is 36.6 Å². The largest absolute Gasteiger partial charge is 0.496 e. The van der Waals surface area contributed by atoms with Crippen LogP contribution in [-0.4, -0.2) is 18.2 Å². The number of ether oxygens (including phenoxy) is 1. The van der Waals surface area contributed by atoms with E-state index >= 15 is 0 Å². The van der Waals surface area contributed by atoms with Gasteiger partial charge in [-0.3, -0.25) is 4.79 Å². The van der Waals surface area contributed by atoms with Crippen molar-refractivity contribution < 1.29 is 14.6 Å². The SMILES string of the molecule is COc1ccc(C(C)(C)CC(=O)O)c(C)c1C. The van der Waals surface area contributed by atoms with E-state index in [4.69, 9.17) is 9.84 Å². The van der Waals surface area contributed by atoms with Crippen molar-refractivity contribution in [3.63, 3.8) is 0 Å². The van der Waals surface area contributed by atoms with E-state index in [1.807, 2.05) is 39.8 Å². The zero-order valence-corrected chi connectivity index (χ0v) is 11.1. The van der Waals surface area contributed by atoms with Gasteiger partial charge in [0.05, 0.1) is 13.5 Å². The molecule has 0 radical (unpaired) electrons. The first-order valence-electron chi connectivity index (χ1n) is 5.66. The average molecular weight is 236 g/mol. The van der Waals surface area contributed by atoms with E-state index in [9.17, 15) is 4.79 Å². The number of carbonyl (C=O) groups is 1. The van der Waals surface area contributed by atoms with E-state index in [2.05, 4.69) is 0 Å². The molecule has 0 spiro atoms. The molecule has 17 heavy (non-hydrogen) atoms. The Bertz CT molecular complexity index is 433. The van der Waals surface area contributed by atoms with Gasteiger partial charge in [-0.25, -0.2) is 0 Å². The highest BCUT2D eigenvalue weighted by Crippen LogP contribution is 2.34. The maximum Gasteiger partial charge on any atom is 0.304 e.